The second-order valence-corrected chi connectivity index (χ2v) is 7.22. The number of hydrogen-bond donors (Lipinski definition) is 6. The molecule has 0 amide bonds. The molecule has 6 N–H and O–H groups in total. The van der Waals surface area contributed by atoms with Gasteiger partial charge in [-0.25, -0.2) is 4.79 Å². The number of aliphatic hydroxyl groups excluding tert-OH is 3. The second-order valence-electron chi connectivity index (χ2n) is 5.64. The predicted octanol–water partition coefficient (Wildman–Crippen LogP) is -3.02. The maximum Gasteiger partial charge on any atom is 0.350 e. The predicted molar refractivity (Wildman–Crippen MR) is 80.9 cm³/mol. The lowest BCUT2D eigenvalue weighted by Crippen LogP contribution is -2.42. The zero-order chi connectivity index (χ0) is 18.9. The monoisotopic (exact) mass is 382 g/mol. The van der Waals surface area contributed by atoms with Crippen LogP contribution in [0.15, 0.2) is 15.8 Å². The minimum Gasteiger partial charge on any atom is -0.394 e. The first-order valence-corrected chi connectivity index (χ1v) is 8.95. The molecule has 0 aliphatic carbocycles. The molecule has 0 aromatic carbocycles. The molecular weight excluding hydrogens is 363 g/mol. The summed E-state index contributed by atoms with van der Waals surface area (Å²) in [5.41, 5.74) is -1.38. The second kappa shape index (κ2) is 7.48. The van der Waals surface area contributed by atoms with Crippen molar-refractivity contribution in [2.45, 2.75) is 37.6 Å². The first-order valence-electron chi connectivity index (χ1n) is 7.16. The Labute approximate surface area is 140 Å². The summed E-state index contributed by atoms with van der Waals surface area (Å²) < 4.78 is 22.2. The molecule has 142 valence electrons. The van der Waals surface area contributed by atoms with Crippen LogP contribution in [-0.2, 0) is 14.0 Å². The van der Waals surface area contributed by atoms with Crippen molar-refractivity contribution in [3.05, 3.63) is 32.6 Å². The van der Waals surface area contributed by atoms with Gasteiger partial charge in [-0.15, -0.1) is 0 Å². The van der Waals surface area contributed by atoms with E-state index in [9.17, 15) is 24.4 Å². The molecule has 1 aromatic heterocycles. The van der Waals surface area contributed by atoms with Gasteiger partial charge in [-0.05, 0) is 6.92 Å². The SMILES string of the molecule is Cc1cn([C@@H]2O[C@@H]([C@H](O)CO)[C@H](OCP(=O)(O)O)[C@H]2O)c(=O)[nH]c1=O. The number of aliphatic hydroxyl groups is 3. The summed E-state index contributed by atoms with van der Waals surface area (Å²) in [6.45, 7) is 0.636. The van der Waals surface area contributed by atoms with Crippen molar-refractivity contribution in [3.8, 4) is 0 Å². The van der Waals surface area contributed by atoms with Gasteiger partial charge in [0, 0.05) is 11.8 Å². The van der Waals surface area contributed by atoms with E-state index in [-0.39, 0.29) is 5.56 Å². The molecule has 2 rings (SSSR count). The molecule has 1 fully saturated rings. The van der Waals surface area contributed by atoms with Gasteiger partial charge in [-0.2, -0.15) is 0 Å². The zero-order valence-electron chi connectivity index (χ0n) is 13.1. The summed E-state index contributed by atoms with van der Waals surface area (Å²) >= 11 is 0. The standard InChI is InChI=1S/C12H19N2O10P/c1-5-2-14(12(19)13-10(5)18)11-7(17)9(23-4-25(20,21)22)8(24-11)6(16)3-15/h2,6-9,11,15-17H,3-4H2,1H3,(H,13,18,19)(H2,20,21,22)/t6-,7-,8+,9-,11-/m1/s1. The summed E-state index contributed by atoms with van der Waals surface area (Å²) in [4.78, 5) is 43.2. The molecule has 2 heterocycles. The molecule has 1 saturated heterocycles. The molecular formula is C12H19N2O10P. The van der Waals surface area contributed by atoms with Crippen molar-refractivity contribution in [2.75, 3.05) is 13.0 Å². The Bertz CT molecular complexity index is 770. The number of nitrogens with one attached hydrogen (secondary N) is 1. The average molecular weight is 382 g/mol. The molecule has 13 heteroatoms. The van der Waals surface area contributed by atoms with Gasteiger partial charge in [0.15, 0.2) is 6.23 Å². The Hall–Kier alpha value is -1.37. The van der Waals surface area contributed by atoms with Crippen LogP contribution in [0.1, 0.15) is 11.8 Å². The van der Waals surface area contributed by atoms with Crippen molar-refractivity contribution in [3.63, 3.8) is 0 Å². The van der Waals surface area contributed by atoms with Crippen LogP contribution in [0.5, 0.6) is 0 Å². The number of H-pyrrole nitrogens is 1. The van der Waals surface area contributed by atoms with E-state index in [4.69, 9.17) is 24.4 Å². The molecule has 0 saturated carbocycles. The van der Waals surface area contributed by atoms with Crippen LogP contribution in [0.25, 0.3) is 0 Å². The summed E-state index contributed by atoms with van der Waals surface area (Å²) in [5, 5.41) is 29.2. The summed E-state index contributed by atoms with van der Waals surface area (Å²) in [6, 6.07) is 0. The Morgan fingerprint density at radius 3 is 2.64 bits per heavy atom. The fraction of sp³-hybridized carbons (Fsp3) is 0.667. The van der Waals surface area contributed by atoms with Crippen molar-refractivity contribution in [2.24, 2.45) is 0 Å². The van der Waals surface area contributed by atoms with Crippen LogP contribution in [-0.4, -0.2) is 72.0 Å². The Kier molecular flexibility index (Phi) is 5.97. The van der Waals surface area contributed by atoms with Gasteiger partial charge in [0.2, 0.25) is 0 Å². The van der Waals surface area contributed by atoms with Gasteiger partial charge >= 0.3 is 13.3 Å². The lowest BCUT2D eigenvalue weighted by Gasteiger charge is -2.23. The third kappa shape index (κ3) is 4.43. The van der Waals surface area contributed by atoms with Gasteiger partial charge in [0.05, 0.1) is 6.61 Å². The Balaban J connectivity index is 2.35. The highest BCUT2D eigenvalue weighted by Gasteiger charge is 2.49. The molecule has 5 atom stereocenters. The van der Waals surface area contributed by atoms with E-state index in [2.05, 4.69) is 0 Å². The highest BCUT2D eigenvalue weighted by Crippen LogP contribution is 2.38. The topological polar surface area (TPSA) is 192 Å². The summed E-state index contributed by atoms with van der Waals surface area (Å²) in [6.07, 6.45) is -7.28. The molecule has 0 spiro atoms. The fourth-order valence-corrected chi connectivity index (χ4v) is 2.84. The number of nitrogens with zero attached hydrogens (tertiary/aromatic N) is 1. The number of aromatic nitrogens is 2. The molecule has 1 aromatic rings. The lowest BCUT2D eigenvalue weighted by atomic mass is 10.1. The smallest absolute Gasteiger partial charge is 0.350 e. The molecule has 0 bridgehead atoms. The van der Waals surface area contributed by atoms with Gasteiger partial charge in [0.25, 0.3) is 5.56 Å². The maximum atomic E-state index is 11.9. The van der Waals surface area contributed by atoms with Crippen LogP contribution >= 0.6 is 7.60 Å². The van der Waals surface area contributed by atoms with Crippen LogP contribution in [0.3, 0.4) is 0 Å². The van der Waals surface area contributed by atoms with E-state index in [1.54, 1.807) is 0 Å². The van der Waals surface area contributed by atoms with Gasteiger partial charge in [0.1, 0.15) is 30.8 Å². The largest absolute Gasteiger partial charge is 0.394 e. The number of aromatic amines is 1. The molecule has 25 heavy (non-hydrogen) atoms. The van der Waals surface area contributed by atoms with Gasteiger partial charge in [-0.3, -0.25) is 18.9 Å². The van der Waals surface area contributed by atoms with E-state index in [0.717, 1.165) is 10.8 Å². The van der Waals surface area contributed by atoms with Crippen LogP contribution in [0, 0.1) is 6.92 Å². The van der Waals surface area contributed by atoms with E-state index in [0.29, 0.717) is 0 Å². The third-order valence-electron chi connectivity index (χ3n) is 3.67. The van der Waals surface area contributed by atoms with Crippen LogP contribution < -0.4 is 11.2 Å². The highest BCUT2D eigenvalue weighted by molar-refractivity contribution is 7.51. The van der Waals surface area contributed by atoms with E-state index >= 15 is 0 Å². The van der Waals surface area contributed by atoms with Crippen LogP contribution in [0.2, 0.25) is 0 Å². The Morgan fingerprint density at radius 1 is 1.44 bits per heavy atom. The van der Waals surface area contributed by atoms with Crippen molar-refractivity contribution < 1.29 is 39.1 Å². The molecule has 1 aliphatic rings. The lowest BCUT2D eigenvalue weighted by molar-refractivity contribution is -0.105. The van der Waals surface area contributed by atoms with Crippen molar-refractivity contribution in [1.82, 2.24) is 9.55 Å². The number of hydrogen-bond acceptors (Lipinski definition) is 8. The normalized spacial score (nSPS) is 28.2. The van der Waals surface area contributed by atoms with E-state index in [1.165, 1.54) is 6.92 Å². The molecule has 0 radical (unpaired) electrons. The third-order valence-corrected chi connectivity index (χ3v) is 4.16. The number of rotatable bonds is 6. The van der Waals surface area contributed by atoms with Gasteiger partial charge in [-0.1, -0.05) is 0 Å². The van der Waals surface area contributed by atoms with Crippen molar-refractivity contribution in [1.29, 1.82) is 0 Å². The van der Waals surface area contributed by atoms with Crippen molar-refractivity contribution >= 4 is 7.60 Å². The summed E-state index contributed by atoms with van der Waals surface area (Å²) in [5.74, 6) is 0. The quantitative estimate of drug-likeness (QED) is 0.276. The minimum absolute atomic E-state index is 0.147. The number of ether oxygens (including phenoxy) is 2. The first-order chi connectivity index (χ1) is 11.5. The minimum atomic E-state index is -4.57. The fourth-order valence-electron chi connectivity index (χ4n) is 2.47. The van der Waals surface area contributed by atoms with Crippen LogP contribution in [0.4, 0.5) is 0 Å². The number of aryl methyl sites for hydroxylation is 1. The first kappa shape index (κ1) is 19.9. The highest BCUT2D eigenvalue weighted by atomic mass is 31.2. The van der Waals surface area contributed by atoms with E-state index < -0.39 is 62.4 Å². The maximum absolute atomic E-state index is 11.9. The summed E-state index contributed by atoms with van der Waals surface area (Å²) in [7, 11) is -4.57. The molecule has 12 nitrogen and oxygen atoms in total. The van der Waals surface area contributed by atoms with Gasteiger partial charge < -0.3 is 34.6 Å². The Morgan fingerprint density at radius 2 is 2.08 bits per heavy atom. The van der Waals surface area contributed by atoms with E-state index in [1.807, 2.05) is 4.98 Å². The molecule has 0 unspecified atom stereocenters. The zero-order valence-corrected chi connectivity index (χ0v) is 13.9. The average Bonchev–Trinajstić information content (AvgIpc) is 2.84. The molecule has 1 aliphatic heterocycles.